The van der Waals surface area contributed by atoms with Crippen LogP contribution in [0.3, 0.4) is 0 Å². The molecule has 0 fully saturated rings. The lowest BCUT2D eigenvalue weighted by atomic mass is 10.1. The number of phenolic OH excluding ortho intramolecular Hbond substituents is 2. The molecule has 1 rings (SSSR count). The van der Waals surface area contributed by atoms with E-state index in [-0.39, 0.29) is 36.0 Å². The molecule has 0 aliphatic carbocycles. The predicted molar refractivity (Wildman–Crippen MR) is 65.2 cm³/mol. The van der Waals surface area contributed by atoms with Gasteiger partial charge in [0.2, 0.25) is 5.91 Å². The molecule has 0 saturated carbocycles. The van der Waals surface area contributed by atoms with Gasteiger partial charge in [-0.2, -0.15) is 0 Å². The summed E-state index contributed by atoms with van der Waals surface area (Å²) in [5.74, 6) is -1.49. The van der Waals surface area contributed by atoms with Crippen molar-refractivity contribution < 1.29 is 19.8 Å². The van der Waals surface area contributed by atoms with Crippen molar-refractivity contribution in [3.05, 3.63) is 17.7 Å². The van der Waals surface area contributed by atoms with E-state index in [4.69, 9.17) is 5.73 Å². The van der Waals surface area contributed by atoms with Gasteiger partial charge in [-0.05, 0) is 12.1 Å². The molecule has 0 radical (unpaired) electrons. The molecule has 98 valence electrons. The van der Waals surface area contributed by atoms with E-state index in [9.17, 15) is 19.8 Å². The maximum Gasteiger partial charge on any atom is 0.255 e. The van der Waals surface area contributed by atoms with E-state index in [1.807, 2.05) is 0 Å². The van der Waals surface area contributed by atoms with Crippen LogP contribution in [0.25, 0.3) is 0 Å². The van der Waals surface area contributed by atoms with Gasteiger partial charge in [0.1, 0.15) is 11.4 Å². The van der Waals surface area contributed by atoms with Gasteiger partial charge < -0.3 is 26.6 Å². The third-order valence-corrected chi connectivity index (χ3v) is 2.22. The molecular formula is C11H15N3O4. The molecule has 0 heterocycles. The van der Waals surface area contributed by atoms with Gasteiger partial charge in [0.15, 0.2) is 5.75 Å². The molecule has 0 bridgehead atoms. The van der Waals surface area contributed by atoms with Crippen molar-refractivity contribution in [2.45, 2.75) is 6.92 Å². The Morgan fingerprint density at radius 1 is 1.22 bits per heavy atom. The Bertz CT molecular complexity index is 474. The van der Waals surface area contributed by atoms with Crippen molar-refractivity contribution in [2.75, 3.05) is 18.8 Å². The molecule has 0 aliphatic rings. The molecule has 0 unspecified atom stereocenters. The van der Waals surface area contributed by atoms with Crippen LogP contribution in [0.15, 0.2) is 12.1 Å². The maximum atomic E-state index is 11.7. The van der Waals surface area contributed by atoms with Gasteiger partial charge >= 0.3 is 0 Å². The first-order chi connectivity index (χ1) is 8.43. The van der Waals surface area contributed by atoms with Gasteiger partial charge in [0, 0.05) is 20.0 Å². The number of carbonyl (C=O) groups is 2. The minimum absolute atomic E-state index is 0.0341. The normalized spacial score (nSPS) is 9.83. The summed E-state index contributed by atoms with van der Waals surface area (Å²) in [5.41, 5.74) is 5.10. The molecule has 0 saturated heterocycles. The Balaban J connectivity index is 2.62. The Morgan fingerprint density at radius 2 is 1.83 bits per heavy atom. The lowest BCUT2D eigenvalue weighted by molar-refractivity contribution is -0.118. The highest BCUT2D eigenvalue weighted by atomic mass is 16.3. The molecule has 1 aromatic rings. The molecule has 0 aromatic heterocycles. The number of rotatable bonds is 4. The number of hydrogen-bond acceptors (Lipinski definition) is 5. The predicted octanol–water partition coefficient (Wildman–Crippen LogP) is -0.454. The molecule has 0 spiro atoms. The van der Waals surface area contributed by atoms with Crippen molar-refractivity contribution >= 4 is 17.5 Å². The number of anilines is 1. The molecule has 18 heavy (non-hydrogen) atoms. The number of hydrogen-bond donors (Lipinski definition) is 5. The van der Waals surface area contributed by atoms with E-state index in [1.54, 1.807) is 0 Å². The summed E-state index contributed by atoms with van der Waals surface area (Å²) in [5, 5.41) is 23.8. The third-order valence-electron chi connectivity index (χ3n) is 2.22. The number of nitrogens with two attached hydrogens (primary N) is 1. The van der Waals surface area contributed by atoms with E-state index in [2.05, 4.69) is 10.6 Å². The monoisotopic (exact) mass is 253 g/mol. The van der Waals surface area contributed by atoms with Crippen LogP contribution in [0.1, 0.15) is 17.3 Å². The Morgan fingerprint density at radius 3 is 2.44 bits per heavy atom. The van der Waals surface area contributed by atoms with Crippen molar-refractivity contribution in [2.24, 2.45) is 0 Å². The van der Waals surface area contributed by atoms with Crippen LogP contribution in [-0.4, -0.2) is 35.1 Å². The molecule has 0 atom stereocenters. The van der Waals surface area contributed by atoms with Crippen LogP contribution >= 0.6 is 0 Å². The molecule has 6 N–H and O–H groups in total. The smallest absolute Gasteiger partial charge is 0.255 e. The Labute approximate surface area is 104 Å². The van der Waals surface area contributed by atoms with E-state index < -0.39 is 11.7 Å². The highest BCUT2D eigenvalue weighted by Gasteiger charge is 2.15. The highest BCUT2D eigenvalue weighted by Crippen LogP contribution is 2.32. The van der Waals surface area contributed by atoms with Crippen LogP contribution in [0.4, 0.5) is 5.69 Å². The second-order valence-electron chi connectivity index (χ2n) is 3.63. The number of carbonyl (C=O) groups excluding carboxylic acids is 2. The fourth-order valence-electron chi connectivity index (χ4n) is 1.29. The van der Waals surface area contributed by atoms with E-state index >= 15 is 0 Å². The van der Waals surface area contributed by atoms with Gasteiger partial charge in [-0.25, -0.2) is 0 Å². The molecular weight excluding hydrogens is 238 g/mol. The molecule has 1 aromatic carbocycles. The van der Waals surface area contributed by atoms with Crippen molar-refractivity contribution in [1.82, 2.24) is 10.6 Å². The standard InChI is InChI=1S/C11H15N3O4/c1-6(15)13-4-5-14-11(18)7-2-3-8(16)9(12)10(7)17/h2-3,16-17H,4-5,12H2,1H3,(H,13,15)(H,14,18). The first-order valence-electron chi connectivity index (χ1n) is 5.26. The van der Waals surface area contributed by atoms with Crippen molar-refractivity contribution in [3.63, 3.8) is 0 Å². The van der Waals surface area contributed by atoms with Crippen LogP contribution in [-0.2, 0) is 4.79 Å². The zero-order valence-corrected chi connectivity index (χ0v) is 9.86. The lowest BCUT2D eigenvalue weighted by Crippen LogP contribution is -2.33. The number of amides is 2. The summed E-state index contributed by atoms with van der Waals surface area (Å²) in [6.45, 7) is 1.88. The van der Waals surface area contributed by atoms with Gasteiger partial charge in [-0.15, -0.1) is 0 Å². The van der Waals surface area contributed by atoms with Crippen molar-refractivity contribution in [1.29, 1.82) is 0 Å². The van der Waals surface area contributed by atoms with Gasteiger partial charge in [-0.1, -0.05) is 0 Å². The summed E-state index contributed by atoms with van der Waals surface area (Å²) in [6.07, 6.45) is 0. The van der Waals surface area contributed by atoms with Gasteiger partial charge in [-0.3, -0.25) is 9.59 Å². The quantitative estimate of drug-likeness (QED) is 0.282. The van der Waals surface area contributed by atoms with E-state index in [0.29, 0.717) is 0 Å². The van der Waals surface area contributed by atoms with E-state index in [1.165, 1.54) is 19.1 Å². The topological polar surface area (TPSA) is 125 Å². The van der Waals surface area contributed by atoms with Crippen molar-refractivity contribution in [3.8, 4) is 11.5 Å². The number of nitrogens with one attached hydrogen (secondary N) is 2. The fourth-order valence-corrected chi connectivity index (χ4v) is 1.29. The summed E-state index contributed by atoms with van der Waals surface area (Å²) >= 11 is 0. The third kappa shape index (κ3) is 3.27. The van der Waals surface area contributed by atoms with Crippen LogP contribution in [0, 0.1) is 0 Å². The zero-order valence-electron chi connectivity index (χ0n) is 9.86. The Kier molecular flexibility index (Phi) is 4.36. The fraction of sp³-hybridized carbons (Fsp3) is 0.273. The first kappa shape index (κ1) is 13.6. The minimum atomic E-state index is -0.537. The molecule has 7 nitrogen and oxygen atoms in total. The summed E-state index contributed by atoms with van der Waals surface area (Å²) < 4.78 is 0. The zero-order chi connectivity index (χ0) is 13.7. The SMILES string of the molecule is CC(=O)NCCNC(=O)c1ccc(O)c(N)c1O. The average molecular weight is 253 g/mol. The summed E-state index contributed by atoms with van der Waals surface area (Å²) in [7, 11) is 0. The minimum Gasteiger partial charge on any atom is -0.506 e. The first-order valence-corrected chi connectivity index (χ1v) is 5.26. The van der Waals surface area contributed by atoms with Crippen LogP contribution < -0.4 is 16.4 Å². The second kappa shape index (κ2) is 5.76. The molecule has 7 heteroatoms. The van der Waals surface area contributed by atoms with E-state index in [0.717, 1.165) is 0 Å². The van der Waals surface area contributed by atoms with Gasteiger partial charge in [0.05, 0.1) is 5.56 Å². The summed E-state index contributed by atoms with van der Waals surface area (Å²) in [4.78, 5) is 22.2. The van der Waals surface area contributed by atoms with Crippen LogP contribution in [0.2, 0.25) is 0 Å². The van der Waals surface area contributed by atoms with Gasteiger partial charge in [0.25, 0.3) is 5.91 Å². The Hall–Kier alpha value is -2.44. The number of benzene rings is 1. The maximum absolute atomic E-state index is 11.7. The number of nitrogen functional groups attached to an aromatic ring is 1. The second-order valence-corrected chi connectivity index (χ2v) is 3.63. The number of aromatic hydroxyl groups is 2. The molecule has 0 aliphatic heterocycles. The molecule has 2 amide bonds. The van der Waals surface area contributed by atoms with Crippen LogP contribution in [0.5, 0.6) is 11.5 Å². The lowest BCUT2D eigenvalue weighted by Gasteiger charge is -2.09. The largest absolute Gasteiger partial charge is 0.506 e. The number of phenols is 2. The average Bonchev–Trinajstić information content (AvgIpc) is 2.31. The summed E-state index contributed by atoms with van der Waals surface area (Å²) in [6, 6.07) is 2.48. The highest BCUT2D eigenvalue weighted by molar-refractivity contribution is 5.99.